The van der Waals surface area contributed by atoms with E-state index < -0.39 is 0 Å². The van der Waals surface area contributed by atoms with Crippen LogP contribution in [0.5, 0.6) is 0 Å². The number of hydrogen-bond acceptors (Lipinski definition) is 3. The first-order valence-corrected chi connectivity index (χ1v) is 6.43. The van der Waals surface area contributed by atoms with Crippen LogP contribution in [0.3, 0.4) is 0 Å². The summed E-state index contributed by atoms with van der Waals surface area (Å²) in [5, 5.41) is 0. The molecule has 1 heterocycles. The summed E-state index contributed by atoms with van der Waals surface area (Å²) in [6, 6.07) is 5.04. The van der Waals surface area contributed by atoms with E-state index in [0.29, 0.717) is 12.0 Å². The minimum Gasteiger partial charge on any atom is -0.306 e. The number of hydrazine groups is 1. The monoisotopic (exact) mass is 248 g/mol. The van der Waals surface area contributed by atoms with Crippen LogP contribution >= 0.6 is 0 Å². The van der Waals surface area contributed by atoms with Gasteiger partial charge in [0.05, 0.1) is 11.0 Å². The van der Waals surface area contributed by atoms with E-state index in [4.69, 9.17) is 5.84 Å². The number of halogens is 1. The number of nitrogens with one attached hydrogen (secondary N) is 1. The summed E-state index contributed by atoms with van der Waals surface area (Å²) in [7, 11) is 0. The summed E-state index contributed by atoms with van der Waals surface area (Å²) >= 11 is 0. The zero-order valence-corrected chi connectivity index (χ0v) is 10.2. The first kappa shape index (κ1) is 11.5. The van der Waals surface area contributed by atoms with Crippen molar-refractivity contribution in [2.75, 3.05) is 5.43 Å². The first-order chi connectivity index (χ1) is 8.79. The van der Waals surface area contributed by atoms with Gasteiger partial charge in [-0.15, -0.1) is 0 Å². The molecule has 0 unspecified atom stereocenters. The highest BCUT2D eigenvalue weighted by Crippen LogP contribution is 2.34. The molecule has 5 heteroatoms. The molecule has 1 aliphatic carbocycles. The highest BCUT2D eigenvalue weighted by molar-refractivity contribution is 5.78. The number of fused-ring (bicyclic) bond motifs is 1. The number of rotatable bonds is 2. The lowest BCUT2D eigenvalue weighted by atomic mass is 9.95. The molecule has 0 amide bonds. The third-order valence-corrected chi connectivity index (χ3v) is 3.72. The molecule has 1 saturated carbocycles. The lowest BCUT2D eigenvalue weighted by molar-refractivity contribution is 0.362. The van der Waals surface area contributed by atoms with E-state index in [9.17, 15) is 4.39 Å². The average Bonchev–Trinajstić information content (AvgIpc) is 2.77. The molecule has 1 aliphatic rings. The van der Waals surface area contributed by atoms with Crippen LogP contribution in [0.1, 0.15) is 38.1 Å². The first-order valence-electron chi connectivity index (χ1n) is 6.43. The van der Waals surface area contributed by atoms with Crippen molar-refractivity contribution in [1.29, 1.82) is 0 Å². The van der Waals surface area contributed by atoms with Crippen molar-refractivity contribution in [3.05, 3.63) is 24.0 Å². The van der Waals surface area contributed by atoms with E-state index in [1.54, 1.807) is 6.07 Å². The normalized spacial score (nSPS) is 17.2. The lowest BCUT2D eigenvalue weighted by Gasteiger charge is -2.25. The van der Waals surface area contributed by atoms with Crippen LogP contribution in [0.4, 0.5) is 10.3 Å². The van der Waals surface area contributed by atoms with E-state index >= 15 is 0 Å². The number of nitrogens with two attached hydrogens (primary N) is 1. The van der Waals surface area contributed by atoms with E-state index in [1.165, 1.54) is 31.4 Å². The van der Waals surface area contributed by atoms with E-state index in [-0.39, 0.29) is 5.82 Å². The second-order valence-electron chi connectivity index (χ2n) is 4.87. The Morgan fingerprint density at radius 3 is 2.78 bits per heavy atom. The van der Waals surface area contributed by atoms with Gasteiger partial charge in [-0.3, -0.25) is 5.43 Å². The molecule has 0 bridgehead atoms. The van der Waals surface area contributed by atoms with Crippen molar-refractivity contribution >= 4 is 17.0 Å². The quantitative estimate of drug-likeness (QED) is 0.634. The Hall–Kier alpha value is -1.62. The molecule has 1 aromatic carbocycles. The molecule has 0 saturated heterocycles. The maximum atomic E-state index is 13.4. The fraction of sp³-hybridized carbons (Fsp3) is 0.462. The van der Waals surface area contributed by atoms with Gasteiger partial charge in [-0.05, 0) is 31.0 Å². The zero-order chi connectivity index (χ0) is 12.5. The second-order valence-corrected chi connectivity index (χ2v) is 4.87. The molecule has 0 radical (unpaired) electrons. The van der Waals surface area contributed by atoms with Gasteiger partial charge in [0.1, 0.15) is 5.82 Å². The van der Waals surface area contributed by atoms with Crippen LogP contribution in [0.15, 0.2) is 18.2 Å². The second kappa shape index (κ2) is 4.57. The molecule has 96 valence electrons. The van der Waals surface area contributed by atoms with Crippen LogP contribution in [-0.2, 0) is 0 Å². The highest BCUT2D eigenvalue weighted by Gasteiger charge is 2.21. The Kier molecular flexibility index (Phi) is 2.91. The predicted octanol–water partition coefficient (Wildman–Crippen LogP) is 2.97. The molecule has 1 fully saturated rings. The molecule has 3 rings (SSSR count). The SMILES string of the molecule is NNc1nc2ccc(F)cc2n1C1CCCCC1. The summed E-state index contributed by atoms with van der Waals surface area (Å²) in [6.45, 7) is 0. The van der Waals surface area contributed by atoms with Crippen molar-refractivity contribution in [3.8, 4) is 0 Å². The Morgan fingerprint density at radius 1 is 1.28 bits per heavy atom. The molecular weight excluding hydrogens is 231 g/mol. The molecule has 3 N–H and O–H groups in total. The number of nitrogens with zero attached hydrogens (tertiary/aromatic N) is 2. The number of aromatic nitrogens is 2. The average molecular weight is 248 g/mol. The van der Waals surface area contributed by atoms with Gasteiger partial charge in [0.25, 0.3) is 0 Å². The van der Waals surface area contributed by atoms with Crippen LogP contribution in [-0.4, -0.2) is 9.55 Å². The smallest absolute Gasteiger partial charge is 0.218 e. The summed E-state index contributed by atoms with van der Waals surface area (Å²) < 4.78 is 15.5. The van der Waals surface area contributed by atoms with Crippen LogP contribution < -0.4 is 11.3 Å². The summed E-state index contributed by atoms with van der Waals surface area (Å²) in [5.74, 6) is 5.93. The summed E-state index contributed by atoms with van der Waals surface area (Å²) in [4.78, 5) is 4.41. The molecule has 18 heavy (non-hydrogen) atoms. The van der Waals surface area contributed by atoms with Crippen molar-refractivity contribution in [2.45, 2.75) is 38.1 Å². The van der Waals surface area contributed by atoms with Crippen molar-refractivity contribution in [3.63, 3.8) is 0 Å². The molecule has 4 nitrogen and oxygen atoms in total. The highest BCUT2D eigenvalue weighted by atomic mass is 19.1. The van der Waals surface area contributed by atoms with Crippen LogP contribution in [0, 0.1) is 5.82 Å². The zero-order valence-electron chi connectivity index (χ0n) is 10.2. The summed E-state index contributed by atoms with van der Waals surface area (Å²) in [5.41, 5.74) is 4.25. The fourth-order valence-electron chi connectivity index (χ4n) is 2.88. The van der Waals surface area contributed by atoms with Crippen molar-refractivity contribution in [1.82, 2.24) is 9.55 Å². The van der Waals surface area contributed by atoms with Crippen molar-refractivity contribution < 1.29 is 4.39 Å². The third kappa shape index (κ3) is 1.84. The third-order valence-electron chi connectivity index (χ3n) is 3.72. The fourth-order valence-corrected chi connectivity index (χ4v) is 2.88. The predicted molar refractivity (Wildman–Crippen MR) is 69.6 cm³/mol. The molecule has 0 spiro atoms. The molecular formula is C13H17FN4. The van der Waals surface area contributed by atoms with Crippen LogP contribution in [0.25, 0.3) is 11.0 Å². The van der Waals surface area contributed by atoms with E-state index in [1.807, 2.05) is 0 Å². The Labute approximate surface area is 105 Å². The number of hydrogen-bond donors (Lipinski definition) is 2. The topological polar surface area (TPSA) is 55.9 Å². The molecule has 0 atom stereocenters. The van der Waals surface area contributed by atoms with Gasteiger partial charge >= 0.3 is 0 Å². The largest absolute Gasteiger partial charge is 0.306 e. The molecule has 1 aromatic heterocycles. The van der Waals surface area contributed by atoms with Crippen molar-refractivity contribution in [2.24, 2.45) is 5.84 Å². The number of anilines is 1. The Balaban J connectivity index is 2.14. The van der Waals surface area contributed by atoms with Gasteiger partial charge in [-0.2, -0.15) is 0 Å². The van der Waals surface area contributed by atoms with Gasteiger partial charge in [0.2, 0.25) is 5.95 Å². The van der Waals surface area contributed by atoms with Gasteiger partial charge in [-0.25, -0.2) is 15.2 Å². The van der Waals surface area contributed by atoms with Gasteiger partial charge in [0.15, 0.2) is 0 Å². The Morgan fingerprint density at radius 2 is 2.06 bits per heavy atom. The minimum atomic E-state index is -0.233. The standard InChI is InChI=1S/C13H17FN4/c14-9-6-7-11-12(8-9)18(13(16-11)17-15)10-4-2-1-3-5-10/h6-8,10H,1-5,15H2,(H,16,17). The molecule has 0 aliphatic heterocycles. The number of nitrogen functional groups attached to an aromatic ring is 1. The van der Waals surface area contributed by atoms with E-state index in [0.717, 1.165) is 23.9 Å². The van der Waals surface area contributed by atoms with E-state index in [2.05, 4.69) is 15.0 Å². The van der Waals surface area contributed by atoms with Gasteiger partial charge in [0, 0.05) is 6.04 Å². The van der Waals surface area contributed by atoms with Crippen LogP contribution in [0.2, 0.25) is 0 Å². The maximum Gasteiger partial charge on any atom is 0.218 e. The number of benzene rings is 1. The lowest BCUT2D eigenvalue weighted by Crippen LogP contribution is -2.18. The van der Waals surface area contributed by atoms with Gasteiger partial charge < -0.3 is 4.57 Å². The Bertz CT molecular complexity index is 557. The van der Waals surface area contributed by atoms with Gasteiger partial charge in [-0.1, -0.05) is 19.3 Å². The molecule has 2 aromatic rings. The minimum absolute atomic E-state index is 0.233. The summed E-state index contributed by atoms with van der Waals surface area (Å²) in [6.07, 6.45) is 5.92. The number of imidazole rings is 1. The maximum absolute atomic E-state index is 13.4.